The SMILES string of the molecule is CC1(C)C=CN(C(C)(C)C)C(=O)[C@@H]2C=CS[C@@H]21. The first-order valence-corrected chi connectivity index (χ1v) is 7.02. The Labute approximate surface area is 108 Å². The summed E-state index contributed by atoms with van der Waals surface area (Å²) in [5.41, 5.74) is -0.103. The molecule has 94 valence electrons. The van der Waals surface area contributed by atoms with Crippen molar-refractivity contribution < 1.29 is 4.79 Å². The Bertz CT molecular complexity index is 390. The number of hydrogen-bond donors (Lipinski definition) is 0. The summed E-state index contributed by atoms with van der Waals surface area (Å²) < 4.78 is 0. The monoisotopic (exact) mass is 251 g/mol. The molecule has 2 heterocycles. The quantitative estimate of drug-likeness (QED) is 0.657. The van der Waals surface area contributed by atoms with Crippen molar-refractivity contribution in [2.24, 2.45) is 11.3 Å². The van der Waals surface area contributed by atoms with Crippen LogP contribution in [0.15, 0.2) is 23.8 Å². The van der Waals surface area contributed by atoms with Crippen LogP contribution in [-0.2, 0) is 4.79 Å². The van der Waals surface area contributed by atoms with Gasteiger partial charge in [0.25, 0.3) is 0 Å². The molecule has 2 aliphatic heterocycles. The lowest BCUT2D eigenvalue weighted by molar-refractivity contribution is -0.135. The lowest BCUT2D eigenvalue weighted by Crippen LogP contribution is -2.45. The van der Waals surface area contributed by atoms with Gasteiger partial charge in [0, 0.05) is 17.0 Å². The van der Waals surface area contributed by atoms with Gasteiger partial charge in [0.1, 0.15) is 0 Å². The van der Waals surface area contributed by atoms with Crippen LogP contribution in [0.5, 0.6) is 0 Å². The van der Waals surface area contributed by atoms with Gasteiger partial charge >= 0.3 is 0 Å². The number of carbonyl (C=O) groups is 1. The molecule has 0 fully saturated rings. The fraction of sp³-hybridized carbons (Fsp3) is 0.643. The third-order valence-electron chi connectivity index (χ3n) is 3.47. The molecule has 2 nitrogen and oxygen atoms in total. The second-order valence-electron chi connectivity index (χ2n) is 6.43. The Morgan fingerprint density at radius 1 is 1.35 bits per heavy atom. The van der Waals surface area contributed by atoms with Crippen LogP contribution in [0.4, 0.5) is 0 Å². The van der Waals surface area contributed by atoms with E-state index in [0.717, 1.165) is 0 Å². The number of fused-ring (bicyclic) bond motifs is 1. The number of thioether (sulfide) groups is 1. The summed E-state index contributed by atoms with van der Waals surface area (Å²) >= 11 is 1.78. The molecule has 2 rings (SSSR count). The fourth-order valence-corrected chi connectivity index (χ4v) is 3.63. The van der Waals surface area contributed by atoms with E-state index in [9.17, 15) is 4.79 Å². The standard InChI is InChI=1S/C14H21NOS/c1-13(2,3)15-8-7-14(4,5)11-10(12(15)16)6-9-17-11/h6-11H,1-5H3/t10-,11+/m1/s1. The van der Waals surface area contributed by atoms with Crippen LogP contribution >= 0.6 is 11.8 Å². The smallest absolute Gasteiger partial charge is 0.235 e. The molecular formula is C14H21NOS. The first kappa shape index (κ1) is 12.7. The molecule has 1 amide bonds. The van der Waals surface area contributed by atoms with Crippen LogP contribution < -0.4 is 0 Å². The van der Waals surface area contributed by atoms with Gasteiger partial charge in [-0.3, -0.25) is 4.79 Å². The maximum absolute atomic E-state index is 12.6. The van der Waals surface area contributed by atoms with Crippen molar-refractivity contribution in [3.8, 4) is 0 Å². The Morgan fingerprint density at radius 2 is 2.00 bits per heavy atom. The van der Waals surface area contributed by atoms with E-state index in [1.54, 1.807) is 11.8 Å². The van der Waals surface area contributed by atoms with Gasteiger partial charge in [-0.15, -0.1) is 11.8 Å². The highest BCUT2D eigenvalue weighted by molar-refractivity contribution is 8.03. The van der Waals surface area contributed by atoms with E-state index in [4.69, 9.17) is 0 Å². The summed E-state index contributed by atoms with van der Waals surface area (Å²) in [4.78, 5) is 14.5. The van der Waals surface area contributed by atoms with Gasteiger partial charge in [-0.05, 0) is 31.6 Å². The van der Waals surface area contributed by atoms with Crippen LogP contribution in [0.25, 0.3) is 0 Å². The lowest BCUT2D eigenvalue weighted by atomic mass is 9.82. The summed E-state index contributed by atoms with van der Waals surface area (Å²) in [6.45, 7) is 10.7. The molecule has 3 heteroatoms. The number of amides is 1. The molecule has 0 aromatic heterocycles. The maximum Gasteiger partial charge on any atom is 0.235 e. The van der Waals surface area contributed by atoms with E-state index in [1.807, 2.05) is 11.1 Å². The lowest BCUT2D eigenvalue weighted by Gasteiger charge is -2.34. The number of allylic oxidation sites excluding steroid dienone is 1. The van der Waals surface area contributed by atoms with Crippen molar-refractivity contribution in [1.82, 2.24) is 4.90 Å². The highest BCUT2D eigenvalue weighted by Crippen LogP contribution is 2.45. The fourth-order valence-electron chi connectivity index (χ4n) is 2.40. The molecule has 0 aromatic carbocycles. The summed E-state index contributed by atoms with van der Waals surface area (Å²) in [5.74, 6) is 0.245. The largest absolute Gasteiger partial charge is 0.314 e. The third kappa shape index (κ3) is 2.17. The Hall–Kier alpha value is -0.700. The van der Waals surface area contributed by atoms with Gasteiger partial charge in [0.2, 0.25) is 5.91 Å². The van der Waals surface area contributed by atoms with E-state index in [1.165, 1.54) is 0 Å². The zero-order valence-corrected chi connectivity index (χ0v) is 12.0. The molecular weight excluding hydrogens is 230 g/mol. The van der Waals surface area contributed by atoms with Crippen LogP contribution in [0.1, 0.15) is 34.6 Å². The highest BCUT2D eigenvalue weighted by atomic mass is 32.2. The molecule has 0 spiro atoms. The topological polar surface area (TPSA) is 20.3 Å². The van der Waals surface area contributed by atoms with Gasteiger partial charge in [-0.2, -0.15) is 0 Å². The predicted molar refractivity (Wildman–Crippen MR) is 73.5 cm³/mol. The number of carbonyl (C=O) groups excluding carboxylic acids is 1. The minimum Gasteiger partial charge on any atom is -0.314 e. The number of rotatable bonds is 0. The zero-order chi connectivity index (χ0) is 12.8. The van der Waals surface area contributed by atoms with Gasteiger partial charge in [0.05, 0.1) is 5.92 Å². The Balaban J connectivity index is 2.41. The highest BCUT2D eigenvalue weighted by Gasteiger charge is 2.44. The molecule has 0 saturated carbocycles. The van der Waals surface area contributed by atoms with Crippen LogP contribution in [0.2, 0.25) is 0 Å². The van der Waals surface area contributed by atoms with E-state index < -0.39 is 0 Å². The predicted octanol–water partition coefficient (Wildman–Crippen LogP) is 3.41. The van der Waals surface area contributed by atoms with E-state index in [2.05, 4.69) is 52.2 Å². The molecule has 0 N–H and O–H groups in total. The first-order valence-electron chi connectivity index (χ1n) is 6.08. The molecule has 0 aliphatic carbocycles. The second-order valence-corrected chi connectivity index (χ2v) is 7.48. The van der Waals surface area contributed by atoms with Crippen molar-refractivity contribution in [1.29, 1.82) is 0 Å². The minimum atomic E-state index is -0.153. The number of nitrogens with zero attached hydrogens (tertiary/aromatic N) is 1. The Morgan fingerprint density at radius 3 is 2.59 bits per heavy atom. The summed E-state index contributed by atoms with van der Waals surface area (Å²) in [6.07, 6.45) is 6.22. The minimum absolute atomic E-state index is 0.0178. The van der Waals surface area contributed by atoms with Gasteiger partial charge in [0.15, 0.2) is 0 Å². The van der Waals surface area contributed by atoms with Gasteiger partial charge in [-0.1, -0.05) is 26.0 Å². The van der Waals surface area contributed by atoms with E-state index >= 15 is 0 Å². The molecule has 2 atom stereocenters. The summed E-state index contributed by atoms with van der Waals surface area (Å²) in [6, 6.07) is 0. The zero-order valence-electron chi connectivity index (χ0n) is 11.2. The van der Waals surface area contributed by atoms with Crippen molar-refractivity contribution in [2.45, 2.75) is 45.4 Å². The molecule has 0 saturated heterocycles. The van der Waals surface area contributed by atoms with Crippen molar-refractivity contribution in [3.63, 3.8) is 0 Å². The van der Waals surface area contributed by atoms with Gasteiger partial charge < -0.3 is 4.90 Å². The molecule has 0 aromatic rings. The van der Waals surface area contributed by atoms with Crippen LogP contribution in [-0.4, -0.2) is 21.6 Å². The molecule has 0 radical (unpaired) electrons. The average Bonchev–Trinajstić information content (AvgIpc) is 2.60. The summed E-state index contributed by atoms with van der Waals surface area (Å²) in [5, 5.41) is 2.41. The molecule has 0 bridgehead atoms. The summed E-state index contributed by atoms with van der Waals surface area (Å²) in [7, 11) is 0. The van der Waals surface area contributed by atoms with Crippen molar-refractivity contribution >= 4 is 17.7 Å². The van der Waals surface area contributed by atoms with Crippen LogP contribution in [0.3, 0.4) is 0 Å². The molecule has 17 heavy (non-hydrogen) atoms. The van der Waals surface area contributed by atoms with Crippen molar-refractivity contribution in [3.05, 3.63) is 23.8 Å². The maximum atomic E-state index is 12.6. The van der Waals surface area contributed by atoms with Crippen LogP contribution in [0, 0.1) is 11.3 Å². The molecule has 2 aliphatic rings. The van der Waals surface area contributed by atoms with Gasteiger partial charge in [-0.25, -0.2) is 0 Å². The Kier molecular flexibility index (Phi) is 2.93. The normalized spacial score (nSPS) is 31.6. The molecule has 0 unspecified atom stereocenters. The van der Waals surface area contributed by atoms with E-state index in [-0.39, 0.29) is 22.8 Å². The van der Waals surface area contributed by atoms with E-state index in [0.29, 0.717) is 5.25 Å². The van der Waals surface area contributed by atoms with Crippen molar-refractivity contribution in [2.75, 3.05) is 0 Å². The third-order valence-corrected chi connectivity index (χ3v) is 4.98. The second kappa shape index (κ2) is 3.91. The number of hydrogen-bond acceptors (Lipinski definition) is 2. The first-order chi connectivity index (χ1) is 7.73. The average molecular weight is 251 g/mol.